The number of nitrogens with one attached hydrogen (secondary N) is 1. The molecule has 2 amide bonds. The molecule has 0 bridgehead atoms. The van der Waals surface area contributed by atoms with Crippen LogP contribution in [0.15, 0.2) is 18.2 Å². The van der Waals surface area contributed by atoms with Crippen molar-refractivity contribution in [2.75, 3.05) is 0 Å². The van der Waals surface area contributed by atoms with E-state index in [1.165, 1.54) is 0 Å². The van der Waals surface area contributed by atoms with Crippen LogP contribution in [0, 0.1) is 6.92 Å². The minimum Gasteiger partial charge on any atom is -0.296 e. The lowest BCUT2D eigenvalue weighted by atomic mass is 9.77. The van der Waals surface area contributed by atoms with E-state index < -0.39 is 5.41 Å². The van der Waals surface area contributed by atoms with Gasteiger partial charge >= 0.3 is 0 Å². The summed E-state index contributed by atoms with van der Waals surface area (Å²) in [6.45, 7) is 7.89. The molecule has 0 spiro atoms. The summed E-state index contributed by atoms with van der Waals surface area (Å²) in [5.41, 5.74) is 2.16. The molecular formula is C17H25N3O2. The molecule has 3 rings (SSSR count). The molecule has 22 heavy (non-hydrogen) atoms. The fraction of sp³-hybridized carbons (Fsp3) is 0.471. The summed E-state index contributed by atoms with van der Waals surface area (Å²) in [6, 6.07) is 6.08. The molecule has 1 fully saturated rings. The first-order chi connectivity index (χ1) is 10.4. The summed E-state index contributed by atoms with van der Waals surface area (Å²) in [7, 11) is 1.88. The van der Waals surface area contributed by atoms with Crippen molar-refractivity contribution in [1.29, 1.82) is 0 Å². The van der Waals surface area contributed by atoms with Crippen LogP contribution >= 0.6 is 0 Å². The fourth-order valence-electron chi connectivity index (χ4n) is 2.81. The van der Waals surface area contributed by atoms with Gasteiger partial charge in [-0.1, -0.05) is 26.0 Å². The number of hydrogen-bond donors (Lipinski definition) is 1. The molecule has 1 aromatic heterocycles. The maximum absolute atomic E-state index is 12.3. The van der Waals surface area contributed by atoms with Gasteiger partial charge in [-0.2, -0.15) is 5.10 Å². The molecule has 1 N–H and O–H groups in total. The smallest absolute Gasteiger partial charge is 0.238 e. The quantitative estimate of drug-likeness (QED) is 0.824. The molecule has 1 aromatic carbocycles. The standard InChI is InChI=1S/C15H17N3O2.C2H6.H2/c1-9-4-5-10-11(8-9)18(3)17-13(10)15(2)7-6-12(19)16-14(15)20;1-2;/h4-5,8H,6-7H2,1-3H3,(H,16,19,20);1-2H3;1H. The molecular weight excluding hydrogens is 278 g/mol. The number of fused-ring (bicyclic) bond motifs is 1. The Morgan fingerprint density at radius 1 is 1.32 bits per heavy atom. The van der Waals surface area contributed by atoms with Gasteiger partial charge in [0.2, 0.25) is 11.8 Å². The average molecular weight is 303 g/mol. The molecule has 1 aliphatic rings. The number of nitrogens with zero attached hydrogens (tertiary/aromatic N) is 2. The SMILES string of the molecule is CC.Cc1ccc2c(C3(C)CCC(=O)NC3=O)nn(C)c2c1.[HH]. The molecule has 1 atom stereocenters. The minimum atomic E-state index is -0.747. The van der Waals surface area contributed by atoms with Gasteiger partial charge in [0.1, 0.15) is 0 Å². The number of aryl methyl sites for hydroxylation is 2. The lowest BCUT2D eigenvalue weighted by Crippen LogP contribution is -2.50. The van der Waals surface area contributed by atoms with E-state index in [0.29, 0.717) is 12.8 Å². The highest BCUT2D eigenvalue weighted by Crippen LogP contribution is 2.35. The topological polar surface area (TPSA) is 64.0 Å². The molecule has 5 nitrogen and oxygen atoms in total. The van der Waals surface area contributed by atoms with E-state index in [1.54, 1.807) is 4.68 Å². The van der Waals surface area contributed by atoms with Crippen LogP contribution in [0.25, 0.3) is 10.9 Å². The lowest BCUT2D eigenvalue weighted by molar-refractivity contribution is -0.137. The molecule has 1 unspecified atom stereocenters. The van der Waals surface area contributed by atoms with E-state index in [1.807, 2.05) is 46.9 Å². The first kappa shape index (κ1) is 16.2. The maximum atomic E-state index is 12.3. The van der Waals surface area contributed by atoms with E-state index in [0.717, 1.165) is 22.2 Å². The van der Waals surface area contributed by atoms with E-state index in [9.17, 15) is 9.59 Å². The molecule has 2 heterocycles. The summed E-state index contributed by atoms with van der Waals surface area (Å²) < 4.78 is 1.80. The Balaban J connectivity index is 0.000000849. The van der Waals surface area contributed by atoms with Gasteiger partial charge in [0.25, 0.3) is 0 Å². The Morgan fingerprint density at radius 2 is 2.00 bits per heavy atom. The summed E-state index contributed by atoms with van der Waals surface area (Å²) in [6.07, 6.45) is 0.851. The minimum absolute atomic E-state index is 0. The van der Waals surface area contributed by atoms with Crippen LogP contribution in [0.2, 0.25) is 0 Å². The molecule has 2 aromatic rings. The predicted molar refractivity (Wildman–Crippen MR) is 88.6 cm³/mol. The van der Waals surface area contributed by atoms with Crippen molar-refractivity contribution in [3.05, 3.63) is 29.5 Å². The zero-order valence-corrected chi connectivity index (χ0v) is 13.9. The van der Waals surface area contributed by atoms with Gasteiger partial charge in [-0.3, -0.25) is 19.6 Å². The number of aromatic nitrogens is 2. The second-order valence-corrected chi connectivity index (χ2v) is 5.70. The van der Waals surface area contributed by atoms with Crippen LogP contribution < -0.4 is 5.32 Å². The molecule has 1 aliphatic heterocycles. The highest BCUT2D eigenvalue weighted by molar-refractivity contribution is 6.04. The van der Waals surface area contributed by atoms with Gasteiger partial charge in [-0.25, -0.2) is 0 Å². The summed E-state index contributed by atoms with van der Waals surface area (Å²) in [5.74, 6) is -0.460. The molecule has 120 valence electrons. The maximum Gasteiger partial charge on any atom is 0.238 e. The van der Waals surface area contributed by atoms with Crippen LogP contribution in [-0.4, -0.2) is 21.6 Å². The summed E-state index contributed by atoms with van der Waals surface area (Å²) in [5, 5.41) is 7.95. The number of amides is 2. The van der Waals surface area contributed by atoms with Crippen LogP contribution in [0.3, 0.4) is 0 Å². The Labute approximate surface area is 132 Å². The number of benzene rings is 1. The van der Waals surface area contributed by atoms with E-state index >= 15 is 0 Å². The Morgan fingerprint density at radius 3 is 2.64 bits per heavy atom. The largest absolute Gasteiger partial charge is 0.296 e. The third-order valence-corrected chi connectivity index (χ3v) is 4.14. The zero-order chi connectivity index (χ0) is 16.5. The van der Waals surface area contributed by atoms with Crippen molar-refractivity contribution in [3.63, 3.8) is 0 Å². The molecule has 0 aliphatic carbocycles. The number of carbonyl (C=O) groups excluding carboxylic acids is 2. The number of piperidine rings is 1. The fourth-order valence-corrected chi connectivity index (χ4v) is 2.81. The molecule has 5 heteroatoms. The summed E-state index contributed by atoms with van der Waals surface area (Å²) in [4.78, 5) is 23.6. The number of hydrogen-bond acceptors (Lipinski definition) is 3. The number of imide groups is 1. The van der Waals surface area contributed by atoms with E-state index in [2.05, 4.69) is 16.5 Å². The van der Waals surface area contributed by atoms with Crippen LogP contribution in [0.4, 0.5) is 0 Å². The second kappa shape index (κ2) is 5.91. The normalized spacial score (nSPS) is 21.3. The predicted octanol–water partition coefficient (Wildman–Crippen LogP) is 2.85. The van der Waals surface area contributed by atoms with Gasteiger partial charge in [0.05, 0.1) is 16.6 Å². The van der Waals surface area contributed by atoms with Gasteiger partial charge in [0, 0.05) is 20.3 Å². The Bertz CT molecular complexity index is 739. The van der Waals surface area contributed by atoms with Crippen LogP contribution in [-0.2, 0) is 22.1 Å². The third kappa shape index (κ3) is 2.51. The second-order valence-electron chi connectivity index (χ2n) is 5.70. The van der Waals surface area contributed by atoms with Crippen LogP contribution in [0.5, 0.6) is 0 Å². The first-order valence-electron chi connectivity index (χ1n) is 7.70. The number of rotatable bonds is 1. The highest BCUT2D eigenvalue weighted by Gasteiger charge is 2.43. The number of carbonyl (C=O) groups is 2. The average Bonchev–Trinajstić information content (AvgIpc) is 2.83. The lowest BCUT2D eigenvalue weighted by Gasteiger charge is -2.30. The van der Waals surface area contributed by atoms with Crippen molar-refractivity contribution >= 4 is 22.7 Å². The first-order valence-corrected chi connectivity index (χ1v) is 7.70. The van der Waals surface area contributed by atoms with Crippen molar-refractivity contribution in [2.45, 2.75) is 46.0 Å². The van der Waals surface area contributed by atoms with Crippen molar-refractivity contribution in [3.8, 4) is 0 Å². The highest BCUT2D eigenvalue weighted by atomic mass is 16.2. The van der Waals surface area contributed by atoms with E-state index in [-0.39, 0.29) is 13.2 Å². The molecule has 1 saturated heterocycles. The monoisotopic (exact) mass is 303 g/mol. The van der Waals surface area contributed by atoms with Crippen LogP contribution in [0.1, 0.15) is 46.3 Å². The zero-order valence-electron chi connectivity index (χ0n) is 13.9. The third-order valence-electron chi connectivity index (χ3n) is 4.14. The van der Waals surface area contributed by atoms with Crippen molar-refractivity contribution in [2.24, 2.45) is 7.05 Å². The van der Waals surface area contributed by atoms with Gasteiger partial charge in [0.15, 0.2) is 0 Å². The van der Waals surface area contributed by atoms with Crippen molar-refractivity contribution < 1.29 is 11.0 Å². The van der Waals surface area contributed by atoms with Crippen molar-refractivity contribution in [1.82, 2.24) is 15.1 Å². The van der Waals surface area contributed by atoms with Gasteiger partial charge < -0.3 is 0 Å². The summed E-state index contributed by atoms with van der Waals surface area (Å²) >= 11 is 0. The molecule has 0 saturated carbocycles. The van der Waals surface area contributed by atoms with E-state index in [4.69, 9.17) is 0 Å². The Kier molecular flexibility index (Phi) is 4.35. The van der Waals surface area contributed by atoms with Gasteiger partial charge in [-0.05, 0) is 31.9 Å². The Hall–Kier alpha value is -2.17. The van der Waals surface area contributed by atoms with Gasteiger partial charge in [-0.15, -0.1) is 0 Å². The molecule has 0 radical (unpaired) electrons.